The molecule has 0 fully saturated rings. The number of H-pyrrole nitrogens is 1. The van der Waals surface area contributed by atoms with E-state index < -0.39 is 10.0 Å². The van der Waals surface area contributed by atoms with Gasteiger partial charge in [0.15, 0.2) is 0 Å². The lowest BCUT2D eigenvalue weighted by Crippen LogP contribution is -2.17. The topological polar surface area (TPSA) is 108 Å². The summed E-state index contributed by atoms with van der Waals surface area (Å²) in [5.41, 5.74) is 1.91. The van der Waals surface area contributed by atoms with Crippen molar-refractivity contribution >= 4 is 27.3 Å². The molecule has 122 valence electrons. The van der Waals surface area contributed by atoms with Crippen LogP contribution < -0.4 is 15.6 Å². The molecular weight excluding hydrogens is 318 g/mol. The van der Waals surface area contributed by atoms with Gasteiger partial charge in [-0.3, -0.25) is 14.3 Å². The Hall–Kier alpha value is -2.61. The zero-order chi connectivity index (χ0) is 17.0. The maximum absolute atomic E-state index is 11.6. The van der Waals surface area contributed by atoms with E-state index in [1.165, 1.54) is 6.92 Å². The minimum Gasteiger partial charge on any atom is -0.327 e. The Kier molecular flexibility index (Phi) is 4.85. The van der Waals surface area contributed by atoms with Crippen LogP contribution in [0.4, 0.5) is 11.4 Å². The number of anilines is 2. The van der Waals surface area contributed by atoms with Gasteiger partial charge in [-0.15, -0.1) is 0 Å². The highest BCUT2D eigenvalue weighted by molar-refractivity contribution is 7.92. The molecule has 1 aromatic heterocycles. The van der Waals surface area contributed by atoms with Crippen LogP contribution in [0, 0.1) is 0 Å². The molecule has 0 radical (unpaired) electrons. The van der Waals surface area contributed by atoms with Crippen molar-refractivity contribution in [3.63, 3.8) is 0 Å². The molecule has 7 nitrogen and oxygen atoms in total. The van der Waals surface area contributed by atoms with Crippen LogP contribution in [0.15, 0.2) is 41.3 Å². The number of amides is 1. The molecule has 0 aliphatic carbocycles. The van der Waals surface area contributed by atoms with Crippen molar-refractivity contribution in [2.45, 2.75) is 13.3 Å². The zero-order valence-corrected chi connectivity index (χ0v) is 13.5. The Morgan fingerprint density at radius 2 is 1.96 bits per heavy atom. The van der Waals surface area contributed by atoms with E-state index in [1.807, 2.05) is 6.07 Å². The number of carbonyl (C=O) groups excluding carboxylic acids is 1. The van der Waals surface area contributed by atoms with Crippen molar-refractivity contribution in [2.24, 2.45) is 0 Å². The summed E-state index contributed by atoms with van der Waals surface area (Å²) in [6, 6.07) is 8.54. The van der Waals surface area contributed by atoms with Gasteiger partial charge in [0.1, 0.15) is 5.69 Å². The van der Waals surface area contributed by atoms with Gasteiger partial charge in [-0.1, -0.05) is 12.1 Å². The summed E-state index contributed by atoms with van der Waals surface area (Å²) >= 11 is 0. The molecule has 0 bridgehead atoms. The summed E-state index contributed by atoms with van der Waals surface area (Å²) < 4.78 is 24.9. The molecule has 0 aliphatic rings. The van der Waals surface area contributed by atoms with Crippen LogP contribution >= 0.6 is 0 Å². The van der Waals surface area contributed by atoms with E-state index in [1.54, 1.807) is 30.5 Å². The zero-order valence-electron chi connectivity index (χ0n) is 12.7. The predicted octanol–water partition coefficient (Wildman–Crippen LogP) is 1.30. The fourth-order valence-corrected chi connectivity index (χ4v) is 2.66. The van der Waals surface area contributed by atoms with Gasteiger partial charge in [-0.05, 0) is 35.7 Å². The fraction of sp³-hybridized carbons (Fsp3) is 0.200. The highest BCUT2D eigenvalue weighted by Crippen LogP contribution is 2.16. The maximum Gasteiger partial charge on any atom is 0.271 e. The number of hydrogen-bond acceptors (Lipinski definition) is 4. The molecular formula is C15H17N3O4S. The second-order valence-electron chi connectivity index (χ2n) is 5.18. The van der Waals surface area contributed by atoms with Gasteiger partial charge in [0.05, 0.1) is 6.26 Å². The highest BCUT2D eigenvalue weighted by Gasteiger charge is 2.06. The molecule has 8 heteroatoms. The largest absolute Gasteiger partial charge is 0.327 e. The normalized spacial score (nSPS) is 11.0. The number of sulfonamides is 1. The maximum atomic E-state index is 11.6. The molecule has 0 aliphatic heterocycles. The number of rotatable bonds is 5. The highest BCUT2D eigenvalue weighted by atomic mass is 32.2. The number of aromatic amines is 1. The van der Waals surface area contributed by atoms with Crippen LogP contribution in [0.25, 0.3) is 0 Å². The molecule has 0 saturated carbocycles. The van der Waals surface area contributed by atoms with Crippen molar-refractivity contribution < 1.29 is 13.2 Å². The van der Waals surface area contributed by atoms with E-state index in [0.717, 1.165) is 17.4 Å². The van der Waals surface area contributed by atoms with Gasteiger partial charge in [0.25, 0.3) is 5.56 Å². The third-order valence-corrected chi connectivity index (χ3v) is 3.52. The van der Waals surface area contributed by atoms with Crippen molar-refractivity contribution in [3.8, 4) is 0 Å². The lowest BCUT2D eigenvalue weighted by atomic mass is 10.1. The Morgan fingerprint density at radius 1 is 1.22 bits per heavy atom. The third-order valence-electron chi connectivity index (χ3n) is 2.91. The summed E-state index contributed by atoms with van der Waals surface area (Å²) in [7, 11) is -3.34. The summed E-state index contributed by atoms with van der Waals surface area (Å²) in [6.07, 6.45) is 3.12. The van der Waals surface area contributed by atoms with Crippen LogP contribution in [0.1, 0.15) is 18.1 Å². The van der Waals surface area contributed by atoms with E-state index in [4.69, 9.17) is 0 Å². The van der Waals surface area contributed by atoms with Crippen LogP contribution in [0.3, 0.4) is 0 Å². The molecule has 0 saturated heterocycles. The third kappa shape index (κ3) is 5.26. The SMILES string of the molecule is CC(=O)Nc1cc(Cc2cccc(NS(C)(=O)=O)c2)c[nH]c1=O. The average Bonchev–Trinajstić information content (AvgIpc) is 2.40. The van der Waals surface area contributed by atoms with Gasteiger partial charge in [0.2, 0.25) is 15.9 Å². The Labute approximate surface area is 133 Å². The minimum atomic E-state index is -3.34. The molecule has 23 heavy (non-hydrogen) atoms. The number of aromatic nitrogens is 1. The second-order valence-corrected chi connectivity index (χ2v) is 6.93. The molecule has 0 spiro atoms. The van der Waals surface area contributed by atoms with Gasteiger partial charge >= 0.3 is 0 Å². The lowest BCUT2D eigenvalue weighted by molar-refractivity contribution is -0.114. The first-order chi connectivity index (χ1) is 10.7. The van der Waals surface area contributed by atoms with Crippen LogP contribution in [0.5, 0.6) is 0 Å². The number of benzene rings is 1. The molecule has 0 unspecified atom stereocenters. The smallest absolute Gasteiger partial charge is 0.271 e. The average molecular weight is 335 g/mol. The first kappa shape index (κ1) is 16.8. The number of pyridine rings is 1. The molecule has 1 amide bonds. The monoisotopic (exact) mass is 335 g/mol. The van der Waals surface area contributed by atoms with Crippen LogP contribution in [-0.4, -0.2) is 25.6 Å². The fourth-order valence-electron chi connectivity index (χ4n) is 2.11. The Morgan fingerprint density at radius 3 is 2.61 bits per heavy atom. The predicted molar refractivity (Wildman–Crippen MR) is 89.1 cm³/mol. The Bertz CT molecular complexity index is 888. The van der Waals surface area contributed by atoms with E-state index in [2.05, 4.69) is 15.0 Å². The van der Waals surface area contributed by atoms with Gasteiger partial charge in [-0.25, -0.2) is 8.42 Å². The molecule has 0 atom stereocenters. The molecule has 3 N–H and O–H groups in total. The van der Waals surface area contributed by atoms with Gasteiger partial charge < -0.3 is 10.3 Å². The number of hydrogen-bond donors (Lipinski definition) is 3. The van der Waals surface area contributed by atoms with Crippen LogP contribution in [-0.2, 0) is 21.2 Å². The van der Waals surface area contributed by atoms with Crippen molar-refractivity contribution in [3.05, 3.63) is 58.0 Å². The number of carbonyl (C=O) groups is 1. The van der Waals surface area contributed by atoms with Crippen LogP contribution in [0.2, 0.25) is 0 Å². The van der Waals surface area contributed by atoms with Gasteiger partial charge in [0, 0.05) is 18.8 Å². The van der Waals surface area contributed by atoms with E-state index in [-0.39, 0.29) is 17.2 Å². The summed E-state index contributed by atoms with van der Waals surface area (Å²) in [6.45, 7) is 1.33. The summed E-state index contributed by atoms with van der Waals surface area (Å²) in [4.78, 5) is 25.3. The van der Waals surface area contributed by atoms with Gasteiger partial charge in [-0.2, -0.15) is 0 Å². The number of nitrogens with one attached hydrogen (secondary N) is 3. The molecule has 1 aromatic carbocycles. The van der Waals surface area contributed by atoms with Crippen molar-refractivity contribution in [1.82, 2.24) is 4.98 Å². The first-order valence-electron chi connectivity index (χ1n) is 6.79. The second kappa shape index (κ2) is 6.66. The van der Waals surface area contributed by atoms with Crippen molar-refractivity contribution in [1.29, 1.82) is 0 Å². The molecule has 2 aromatic rings. The lowest BCUT2D eigenvalue weighted by Gasteiger charge is -2.08. The minimum absolute atomic E-state index is 0.181. The van der Waals surface area contributed by atoms with E-state index >= 15 is 0 Å². The molecule has 1 heterocycles. The van der Waals surface area contributed by atoms with Crippen molar-refractivity contribution in [2.75, 3.05) is 16.3 Å². The first-order valence-corrected chi connectivity index (χ1v) is 8.68. The molecule has 2 rings (SSSR count). The van der Waals surface area contributed by atoms with E-state index in [9.17, 15) is 18.0 Å². The summed E-state index contributed by atoms with van der Waals surface area (Å²) in [5.74, 6) is -0.327. The quantitative estimate of drug-likeness (QED) is 0.765. The summed E-state index contributed by atoms with van der Waals surface area (Å²) in [5, 5.41) is 2.47. The van der Waals surface area contributed by atoms with E-state index in [0.29, 0.717) is 12.1 Å². The Balaban J connectivity index is 2.24. The standard InChI is InChI=1S/C15H17N3O4S/c1-10(19)17-14-8-12(9-16-15(14)20)6-11-4-3-5-13(7-11)18-23(2,21)22/h3-5,7-9,18H,6H2,1-2H3,(H,16,20)(H,17,19).